The molecule has 0 spiro atoms. The number of hydrogen-bond acceptors (Lipinski definition) is 5. The van der Waals surface area contributed by atoms with Gasteiger partial charge in [0.05, 0.1) is 0 Å². The molecule has 5 nitrogen and oxygen atoms in total. The van der Waals surface area contributed by atoms with Crippen LogP contribution in [-0.2, 0) is 5.75 Å². The predicted molar refractivity (Wildman–Crippen MR) is 126 cm³/mol. The number of halogens is 2. The fourth-order valence-electron chi connectivity index (χ4n) is 4.84. The molecule has 3 heterocycles. The smallest absolute Gasteiger partial charge is 0.254 e. The van der Waals surface area contributed by atoms with E-state index in [2.05, 4.69) is 9.97 Å². The lowest BCUT2D eigenvalue weighted by atomic mass is 9.98. The molecular formula is C26H25F2N3O2S. The van der Waals surface area contributed by atoms with E-state index in [4.69, 9.17) is 4.74 Å². The van der Waals surface area contributed by atoms with Crippen LogP contribution in [0.2, 0.25) is 0 Å². The predicted octanol–water partition coefficient (Wildman–Crippen LogP) is 5.57. The molecule has 2 aliphatic rings. The molecule has 2 atom stereocenters. The van der Waals surface area contributed by atoms with Crippen molar-refractivity contribution in [2.75, 3.05) is 0 Å². The van der Waals surface area contributed by atoms with Crippen LogP contribution in [0.4, 0.5) is 8.78 Å². The van der Waals surface area contributed by atoms with Gasteiger partial charge in [-0.1, -0.05) is 23.9 Å². The summed E-state index contributed by atoms with van der Waals surface area (Å²) in [5.74, 6) is -0.502. The first kappa shape index (κ1) is 22.8. The summed E-state index contributed by atoms with van der Waals surface area (Å²) < 4.78 is 33.0. The highest BCUT2D eigenvalue weighted by Crippen LogP contribution is 2.38. The Bertz CT molecular complexity index is 1180. The number of aromatic nitrogens is 2. The van der Waals surface area contributed by atoms with Gasteiger partial charge in [0.1, 0.15) is 11.9 Å². The highest BCUT2D eigenvalue weighted by atomic mass is 32.2. The second-order valence-electron chi connectivity index (χ2n) is 8.85. The van der Waals surface area contributed by atoms with Crippen molar-refractivity contribution in [2.45, 2.75) is 61.7 Å². The molecule has 2 aliphatic heterocycles. The number of ether oxygens (including phenoxy) is 1. The fraction of sp³-hybridized carbons (Fsp3) is 0.346. The Morgan fingerprint density at radius 3 is 2.50 bits per heavy atom. The minimum atomic E-state index is -0.696. The third-order valence-electron chi connectivity index (χ3n) is 6.45. The maximum absolute atomic E-state index is 14.0. The molecule has 1 amide bonds. The van der Waals surface area contributed by atoms with Crippen LogP contribution >= 0.6 is 11.8 Å². The van der Waals surface area contributed by atoms with Crippen molar-refractivity contribution in [1.29, 1.82) is 0 Å². The van der Waals surface area contributed by atoms with Crippen LogP contribution in [-0.4, -0.2) is 39.0 Å². The van der Waals surface area contributed by atoms with Crippen molar-refractivity contribution >= 4 is 17.7 Å². The molecule has 3 aromatic rings. The van der Waals surface area contributed by atoms with E-state index < -0.39 is 11.6 Å². The molecule has 2 unspecified atom stereocenters. The Kier molecular flexibility index (Phi) is 6.50. The second kappa shape index (κ2) is 9.70. The fourth-order valence-corrected chi connectivity index (χ4v) is 5.67. The summed E-state index contributed by atoms with van der Waals surface area (Å²) in [6, 6.07) is 13.1. The van der Waals surface area contributed by atoms with Crippen LogP contribution in [0.3, 0.4) is 0 Å². The lowest BCUT2D eigenvalue weighted by molar-refractivity contribution is 0.0349. The summed E-state index contributed by atoms with van der Waals surface area (Å²) >= 11 is 1.56. The van der Waals surface area contributed by atoms with Crippen molar-refractivity contribution in [2.24, 2.45) is 0 Å². The highest BCUT2D eigenvalue weighted by Gasteiger charge is 2.44. The molecular weight excluding hydrogens is 456 g/mol. The molecule has 34 heavy (non-hydrogen) atoms. The number of thioether (sulfide) groups is 1. The van der Waals surface area contributed by atoms with Crippen molar-refractivity contribution in [3.05, 3.63) is 83.2 Å². The molecule has 2 bridgehead atoms. The molecule has 2 fully saturated rings. The van der Waals surface area contributed by atoms with Crippen LogP contribution < -0.4 is 4.74 Å². The van der Waals surface area contributed by atoms with Crippen LogP contribution in [0.1, 0.15) is 47.3 Å². The lowest BCUT2D eigenvalue weighted by Crippen LogP contribution is -2.49. The highest BCUT2D eigenvalue weighted by molar-refractivity contribution is 7.98. The van der Waals surface area contributed by atoms with E-state index >= 15 is 0 Å². The largest absolute Gasteiger partial charge is 0.487 e. The minimum absolute atomic E-state index is 0.0279. The number of carbonyl (C=O) groups is 1. The first-order valence-electron chi connectivity index (χ1n) is 11.4. The maximum atomic E-state index is 14.0. The zero-order valence-electron chi connectivity index (χ0n) is 18.8. The van der Waals surface area contributed by atoms with Gasteiger partial charge in [-0.05, 0) is 55.7 Å². The van der Waals surface area contributed by atoms with Gasteiger partial charge in [0.15, 0.2) is 16.7 Å². The number of hydrogen-bond donors (Lipinski definition) is 0. The van der Waals surface area contributed by atoms with Gasteiger partial charge < -0.3 is 9.64 Å². The van der Waals surface area contributed by atoms with Gasteiger partial charge in [0.2, 0.25) is 0 Å². The average molecular weight is 482 g/mol. The normalized spacial score (nSPS) is 21.5. The topological polar surface area (TPSA) is 55.3 Å². The Labute approximate surface area is 201 Å². The summed E-state index contributed by atoms with van der Waals surface area (Å²) in [6.45, 7) is 1.94. The molecule has 0 aliphatic carbocycles. The van der Waals surface area contributed by atoms with Gasteiger partial charge >= 0.3 is 0 Å². The summed E-state index contributed by atoms with van der Waals surface area (Å²) in [5, 5.41) is 0.738. The molecule has 5 rings (SSSR count). The summed E-state index contributed by atoms with van der Waals surface area (Å²) in [7, 11) is 0. The number of rotatable bonds is 6. The molecule has 0 N–H and O–H groups in total. The Hall–Kier alpha value is -3.00. The molecule has 8 heteroatoms. The zero-order valence-corrected chi connectivity index (χ0v) is 19.6. The van der Waals surface area contributed by atoms with Gasteiger partial charge in [-0.25, -0.2) is 18.7 Å². The number of piperidine rings is 1. The van der Waals surface area contributed by atoms with E-state index in [9.17, 15) is 13.6 Å². The molecule has 0 saturated carbocycles. The van der Waals surface area contributed by atoms with Gasteiger partial charge in [0.25, 0.3) is 5.91 Å². The Morgan fingerprint density at radius 2 is 1.82 bits per heavy atom. The SMILES string of the molecule is Cc1ccnc(SCc2ccc(C(=O)N3C4CCC3CC(Oc3ccc(F)cc3F)C4)cc2)n1. The Morgan fingerprint density at radius 1 is 1.09 bits per heavy atom. The van der Waals surface area contributed by atoms with Gasteiger partial charge in [-0.2, -0.15) is 0 Å². The van der Waals surface area contributed by atoms with Crippen molar-refractivity contribution in [1.82, 2.24) is 14.9 Å². The first-order chi connectivity index (χ1) is 16.5. The van der Waals surface area contributed by atoms with Gasteiger partial charge in [-0.3, -0.25) is 4.79 Å². The number of nitrogens with zero attached hydrogens (tertiary/aromatic N) is 3. The average Bonchev–Trinajstić information content (AvgIpc) is 3.09. The molecule has 0 radical (unpaired) electrons. The van der Waals surface area contributed by atoms with Crippen LogP contribution in [0.25, 0.3) is 0 Å². The summed E-state index contributed by atoms with van der Waals surface area (Å²) in [4.78, 5) is 24.0. The van der Waals surface area contributed by atoms with E-state index in [1.54, 1.807) is 18.0 Å². The van der Waals surface area contributed by atoms with Crippen molar-refractivity contribution in [3.63, 3.8) is 0 Å². The molecule has 176 valence electrons. The van der Waals surface area contributed by atoms with E-state index in [1.165, 1.54) is 12.1 Å². The van der Waals surface area contributed by atoms with E-state index in [0.29, 0.717) is 18.4 Å². The minimum Gasteiger partial charge on any atom is -0.487 e. The second-order valence-corrected chi connectivity index (χ2v) is 9.79. The summed E-state index contributed by atoms with van der Waals surface area (Å²) in [5.41, 5.74) is 2.70. The number of carbonyl (C=O) groups excluding carboxylic acids is 1. The van der Waals surface area contributed by atoms with E-state index in [1.807, 2.05) is 42.2 Å². The van der Waals surface area contributed by atoms with Crippen LogP contribution in [0.5, 0.6) is 5.75 Å². The van der Waals surface area contributed by atoms with Crippen LogP contribution in [0, 0.1) is 18.6 Å². The third kappa shape index (κ3) is 4.92. The quantitative estimate of drug-likeness (QED) is 0.340. The van der Waals surface area contributed by atoms with Gasteiger partial charge in [0, 0.05) is 54.2 Å². The number of benzene rings is 2. The standard InChI is InChI=1S/C26H25F2N3O2S/c1-16-10-11-29-26(30-16)34-15-17-2-4-18(5-3-17)25(32)31-20-7-8-21(31)14-22(13-20)33-24-9-6-19(27)12-23(24)28/h2-6,9-12,20-22H,7-8,13-15H2,1H3. The maximum Gasteiger partial charge on any atom is 0.254 e. The number of aryl methyl sites for hydroxylation is 1. The van der Waals surface area contributed by atoms with Crippen molar-refractivity contribution < 1.29 is 18.3 Å². The number of amides is 1. The number of fused-ring (bicyclic) bond motifs is 2. The molecule has 2 aromatic carbocycles. The van der Waals surface area contributed by atoms with Gasteiger partial charge in [-0.15, -0.1) is 0 Å². The lowest BCUT2D eigenvalue weighted by Gasteiger charge is -2.39. The van der Waals surface area contributed by atoms with Crippen molar-refractivity contribution in [3.8, 4) is 5.75 Å². The summed E-state index contributed by atoms with van der Waals surface area (Å²) in [6.07, 6.45) is 4.67. The third-order valence-corrected chi connectivity index (χ3v) is 7.39. The van der Waals surface area contributed by atoms with E-state index in [-0.39, 0.29) is 29.8 Å². The zero-order chi connectivity index (χ0) is 23.7. The molecule has 1 aromatic heterocycles. The first-order valence-corrected chi connectivity index (χ1v) is 12.4. The van der Waals surface area contributed by atoms with Crippen LogP contribution in [0.15, 0.2) is 59.9 Å². The van der Waals surface area contributed by atoms with E-state index in [0.717, 1.165) is 41.1 Å². The molecule has 2 saturated heterocycles. The monoisotopic (exact) mass is 481 g/mol. The Balaban J connectivity index is 1.20.